The minimum absolute atomic E-state index is 0.310. The highest BCUT2D eigenvalue weighted by Crippen LogP contribution is 2.12. The molecule has 8 nitrogen and oxygen atoms in total. The van der Waals surface area contributed by atoms with E-state index in [1.807, 2.05) is 6.92 Å². The Balaban J connectivity index is -0.000000188. The Morgan fingerprint density at radius 1 is 0.941 bits per heavy atom. The molecular weight excluding hydrogens is 440 g/mol. The molecule has 0 radical (unpaired) electrons. The molecule has 0 aliphatic carbocycles. The van der Waals surface area contributed by atoms with Gasteiger partial charge in [0, 0.05) is 23.3 Å². The highest BCUT2D eigenvalue weighted by atomic mass is 16.5. The first-order valence-electron chi connectivity index (χ1n) is 11.2. The third-order valence-electron chi connectivity index (χ3n) is 4.01. The average Bonchev–Trinajstić information content (AvgIpc) is 2.82. The van der Waals surface area contributed by atoms with Crippen molar-refractivity contribution >= 4 is 23.9 Å². The molecule has 1 atom stereocenters. The van der Waals surface area contributed by atoms with Crippen LogP contribution in [0.15, 0.2) is 49.6 Å². The number of unbranched alkanes of at least 4 members (excludes halogenated alkanes) is 2. The lowest BCUT2D eigenvalue weighted by atomic mass is 10.0. The molecule has 1 unspecified atom stereocenters. The second-order valence-corrected chi connectivity index (χ2v) is 7.08. The molecule has 0 aliphatic rings. The second kappa shape index (κ2) is 27.9. The van der Waals surface area contributed by atoms with Crippen LogP contribution < -0.4 is 0 Å². The van der Waals surface area contributed by atoms with Crippen LogP contribution in [0.5, 0.6) is 0 Å². The van der Waals surface area contributed by atoms with Gasteiger partial charge in [-0.2, -0.15) is 0 Å². The summed E-state index contributed by atoms with van der Waals surface area (Å²) in [6.07, 6.45) is 9.24. The SMILES string of the molecule is C=C(C)C(=O)OC.C=C(CCCC)C(=O)O.C=CC(=O)O.C=CC(=O)OCC(CC)CCCC. The van der Waals surface area contributed by atoms with E-state index >= 15 is 0 Å². The van der Waals surface area contributed by atoms with E-state index in [-0.39, 0.29) is 11.9 Å². The number of ether oxygens (including phenoxy) is 2. The van der Waals surface area contributed by atoms with E-state index in [4.69, 9.17) is 14.9 Å². The number of methoxy groups -OCH3 is 1. The predicted molar refractivity (Wildman–Crippen MR) is 135 cm³/mol. The Morgan fingerprint density at radius 2 is 1.44 bits per heavy atom. The lowest BCUT2D eigenvalue weighted by Crippen LogP contribution is -2.12. The fourth-order valence-electron chi connectivity index (χ4n) is 1.83. The van der Waals surface area contributed by atoms with Gasteiger partial charge in [0.05, 0.1) is 13.7 Å². The molecule has 0 saturated heterocycles. The van der Waals surface area contributed by atoms with Gasteiger partial charge in [0.25, 0.3) is 0 Å². The van der Waals surface area contributed by atoms with E-state index in [9.17, 15) is 19.2 Å². The van der Waals surface area contributed by atoms with Crippen molar-refractivity contribution in [2.45, 2.75) is 72.6 Å². The fourth-order valence-corrected chi connectivity index (χ4v) is 1.83. The normalized spacial score (nSPS) is 9.56. The zero-order valence-corrected chi connectivity index (χ0v) is 21.6. The molecule has 0 aromatic heterocycles. The van der Waals surface area contributed by atoms with Crippen LogP contribution in [0.3, 0.4) is 0 Å². The van der Waals surface area contributed by atoms with Crippen LogP contribution in [-0.4, -0.2) is 47.8 Å². The average molecular weight is 485 g/mol. The summed E-state index contributed by atoms with van der Waals surface area (Å²) in [5, 5.41) is 15.9. The van der Waals surface area contributed by atoms with Crippen molar-refractivity contribution in [2.75, 3.05) is 13.7 Å². The summed E-state index contributed by atoms with van der Waals surface area (Å²) < 4.78 is 9.26. The number of hydrogen-bond donors (Lipinski definition) is 2. The lowest BCUT2D eigenvalue weighted by Gasteiger charge is -2.13. The van der Waals surface area contributed by atoms with Gasteiger partial charge in [-0.1, -0.05) is 72.8 Å². The van der Waals surface area contributed by atoms with Crippen molar-refractivity contribution in [2.24, 2.45) is 5.92 Å². The first-order chi connectivity index (χ1) is 15.9. The van der Waals surface area contributed by atoms with Gasteiger partial charge in [0.2, 0.25) is 0 Å². The van der Waals surface area contributed by atoms with E-state index in [0.717, 1.165) is 31.8 Å². The number of carboxylic acids is 2. The Kier molecular flexibility index (Phi) is 31.3. The molecule has 0 saturated carbocycles. The third-order valence-corrected chi connectivity index (χ3v) is 4.01. The summed E-state index contributed by atoms with van der Waals surface area (Å²) >= 11 is 0. The number of carbonyl (C=O) groups excluding carboxylic acids is 2. The van der Waals surface area contributed by atoms with E-state index in [2.05, 4.69) is 44.9 Å². The first kappa shape index (κ1) is 38.1. The number of rotatable bonds is 13. The molecule has 0 bridgehead atoms. The van der Waals surface area contributed by atoms with E-state index in [1.54, 1.807) is 6.92 Å². The standard InChI is InChI=1S/C11H20O2.C7H12O2.C5H8O2.C3H4O2/c1-4-7-8-10(5-2)9-13-11(12)6-3;1-3-4-5-6(2)7(8)9;1-4(2)5(6)7-3;1-2-3(4)5/h6,10H,3-5,7-9H2,1-2H3;2-5H2,1H3,(H,8,9);1H2,2-3H3;2H,1H2,(H,4,5). The van der Waals surface area contributed by atoms with E-state index < -0.39 is 11.9 Å². The maximum Gasteiger partial charge on any atom is 0.332 e. The number of carbonyl (C=O) groups is 4. The molecule has 34 heavy (non-hydrogen) atoms. The number of carboxylic acid groups (broad SMARTS) is 2. The molecule has 0 spiro atoms. The van der Waals surface area contributed by atoms with Crippen LogP contribution in [0, 0.1) is 5.92 Å². The molecule has 8 heteroatoms. The van der Waals surface area contributed by atoms with Crippen LogP contribution in [0.1, 0.15) is 72.6 Å². The third kappa shape index (κ3) is 33.5. The highest BCUT2D eigenvalue weighted by Gasteiger charge is 2.07. The molecule has 0 rings (SSSR count). The van der Waals surface area contributed by atoms with Gasteiger partial charge < -0.3 is 19.7 Å². The minimum atomic E-state index is -0.981. The monoisotopic (exact) mass is 484 g/mol. The van der Waals surface area contributed by atoms with Gasteiger partial charge in [-0.25, -0.2) is 19.2 Å². The van der Waals surface area contributed by atoms with Gasteiger partial charge in [-0.15, -0.1) is 0 Å². The van der Waals surface area contributed by atoms with E-state index in [1.165, 1.54) is 26.0 Å². The number of hydrogen-bond acceptors (Lipinski definition) is 6. The van der Waals surface area contributed by atoms with Crippen LogP contribution in [0.25, 0.3) is 0 Å². The molecule has 0 heterocycles. The number of esters is 2. The van der Waals surface area contributed by atoms with Gasteiger partial charge in [-0.3, -0.25) is 0 Å². The second-order valence-electron chi connectivity index (χ2n) is 7.08. The molecular formula is C26H44O8. The zero-order chi connectivity index (χ0) is 27.5. The lowest BCUT2D eigenvalue weighted by molar-refractivity contribution is -0.139. The summed E-state index contributed by atoms with van der Waals surface area (Å²) in [5.74, 6) is -1.99. The van der Waals surface area contributed by atoms with Gasteiger partial charge in [0.15, 0.2) is 0 Å². The van der Waals surface area contributed by atoms with Crippen molar-refractivity contribution < 1.29 is 38.9 Å². The first-order valence-corrected chi connectivity index (χ1v) is 11.2. The molecule has 196 valence electrons. The molecule has 2 N–H and O–H groups in total. The van der Waals surface area contributed by atoms with Crippen molar-refractivity contribution in [1.29, 1.82) is 0 Å². The van der Waals surface area contributed by atoms with Crippen molar-refractivity contribution in [3.8, 4) is 0 Å². The summed E-state index contributed by atoms with van der Waals surface area (Å²) in [6.45, 7) is 21.5. The van der Waals surface area contributed by atoms with Crippen molar-refractivity contribution in [3.63, 3.8) is 0 Å². The molecule has 0 fully saturated rings. The largest absolute Gasteiger partial charge is 0.478 e. The van der Waals surface area contributed by atoms with Crippen LogP contribution in [-0.2, 0) is 28.7 Å². The Hall–Kier alpha value is -3.16. The maximum absolute atomic E-state index is 10.8. The summed E-state index contributed by atoms with van der Waals surface area (Å²) in [5.41, 5.74) is 0.749. The Bertz CT molecular complexity index is 635. The van der Waals surface area contributed by atoms with Gasteiger partial charge >= 0.3 is 23.9 Å². The highest BCUT2D eigenvalue weighted by molar-refractivity contribution is 5.86. The van der Waals surface area contributed by atoms with Gasteiger partial charge in [-0.05, 0) is 32.1 Å². The quantitative estimate of drug-likeness (QED) is 0.250. The summed E-state index contributed by atoms with van der Waals surface area (Å²) in [7, 11) is 1.33. The predicted octanol–water partition coefficient (Wildman–Crippen LogP) is 5.74. The van der Waals surface area contributed by atoms with Crippen molar-refractivity contribution in [3.05, 3.63) is 49.6 Å². The van der Waals surface area contributed by atoms with Crippen LogP contribution in [0.4, 0.5) is 0 Å². The topological polar surface area (TPSA) is 127 Å². The maximum atomic E-state index is 10.8. The van der Waals surface area contributed by atoms with Gasteiger partial charge in [0.1, 0.15) is 0 Å². The molecule has 0 aliphatic heterocycles. The molecule has 0 aromatic carbocycles. The minimum Gasteiger partial charge on any atom is -0.478 e. The summed E-state index contributed by atoms with van der Waals surface area (Å²) in [4.78, 5) is 40.3. The molecule has 0 aromatic rings. The van der Waals surface area contributed by atoms with Crippen LogP contribution >= 0.6 is 0 Å². The van der Waals surface area contributed by atoms with Crippen LogP contribution in [0.2, 0.25) is 0 Å². The summed E-state index contributed by atoms with van der Waals surface area (Å²) in [6, 6.07) is 0. The molecule has 0 amide bonds. The Labute approximate surface area is 205 Å². The zero-order valence-electron chi connectivity index (χ0n) is 21.6. The smallest absolute Gasteiger partial charge is 0.332 e. The van der Waals surface area contributed by atoms with E-state index in [0.29, 0.717) is 30.1 Å². The van der Waals surface area contributed by atoms with Crippen molar-refractivity contribution in [1.82, 2.24) is 0 Å². The fraction of sp³-hybridized carbons (Fsp3) is 0.538. The number of aliphatic carboxylic acids is 2. The Morgan fingerprint density at radius 3 is 1.71 bits per heavy atom.